The lowest BCUT2D eigenvalue weighted by atomic mass is 10.1. The van der Waals surface area contributed by atoms with Crippen LogP contribution in [-0.2, 0) is 11.3 Å². The molecule has 0 fully saturated rings. The van der Waals surface area contributed by atoms with Crippen molar-refractivity contribution in [3.8, 4) is 0 Å². The molecular formula is C25H36Br2N3O+. The lowest BCUT2D eigenvalue weighted by Crippen LogP contribution is -2.77. The van der Waals surface area contributed by atoms with Crippen molar-refractivity contribution in [1.82, 2.24) is 10.2 Å². The van der Waals surface area contributed by atoms with Gasteiger partial charge in [0.1, 0.15) is 12.7 Å². The van der Waals surface area contributed by atoms with E-state index in [1.165, 1.54) is 11.1 Å². The minimum atomic E-state index is -0.0834. The molecule has 0 unspecified atom stereocenters. The number of amides is 1. The summed E-state index contributed by atoms with van der Waals surface area (Å²) >= 11 is 6.08. The number of carbonyl (C=O) groups excluding carboxylic acids is 1. The van der Waals surface area contributed by atoms with E-state index in [1.54, 1.807) is 0 Å². The largest absolute Gasteiger partial charge is 0.340 e. The zero-order valence-electron chi connectivity index (χ0n) is 19.5. The number of nitrogens with two attached hydrogens (primary N) is 1. The number of alkyl halides is 2. The van der Waals surface area contributed by atoms with E-state index in [1.807, 2.05) is 106 Å². The topological polar surface area (TPSA) is 49.0 Å². The van der Waals surface area contributed by atoms with Crippen molar-refractivity contribution in [2.75, 3.05) is 18.2 Å². The highest BCUT2D eigenvalue weighted by Gasteiger charge is 2.22. The summed E-state index contributed by atoms with van der Waals surface area (Å²) in [5.41, 5.74) is 4.90. The van der Waals surface area contributed by atoms with Gasteiger partial charge in [-0.1, -0.05) is 113 Å². The number of nitrogens with zero attached hydrogens (tertiary/aromatic N) is 1. The van der Waals surface area contributed by atoms with Crippen LogP contribution in [0.2, 0.25) is 0 Å². The Morgan fingerprint density at radius 2 is 1.58 bits per heavy atom. The Kier molecular flexibility index (Phi) is 16.7. The number of hydrogen-bond donors (Lipinski definition) is 2. The van der Waals surface area contributed by atoms with Crippen LogP contribution < -0.4 is 10.6 Å². The van der Waals surface area contributed by atoms with Crippen molar-refractivity contribution in [1.29, 1.82) is 0 Å². The van der Waals surface area contributed by atoms with Gasteiger partial charge in [-0.3, -0.25) is 4.79 Å². The molecule has 1 aliphatic rings. The van der Waals surface area contributed by atoms with Crippen molar-refractivity contribution in [3.05, 3.63) is 89.4 Å². The molecular weight excluding hydrogens is 518 g/mol. The molecule has 2 aromatic carbocycles. The van der Waals surface area contributed by atoms with Gasteiger partial charge in [-0.15, -0.1) is 0 Å². The van der Waals surface area contributed by atoms with Gasteiger partial charge in [0.15, 0.2) is 5.70 Å². The molecule has 0 bridgehead atoms. The number of carbonyl (C=O) groups is 1. The summed E-state index contributed by atoms with van der Waals surface area (Å²) in [5, 5.41) is 6.06. The molecule has 3 rings (SSSR count). The van der Waals surface area contributed by atoms with Gasteiger partial charge in [0, 0.05) is 24.1 Å². The number of rotatable bonds is 4. The Bertz CT molecular complexity index is 803. The maximum absolute atomic E-state index is 12.4. The number of halogens is 2. The van der Waals surface area contributed by atoms with Crippen molar-refractivity contribution >= 4 is 43.5 Å². The lowest BCUT2D eigenvalue weighted by Gasteiger charge is -2.25. The highest BCUT2D eigenvalue weighted by Crippen LogP contribution is 2.19. The monoisotopic (exact) mass is 552 g/mol. The average Bonchev–Trinajstić information content (AvgIpc) is 2.80. The molecule has 31 heavy (non-hydrogen) atoms. The molecule has 1 aliphatic heterocycles. The number of quaternary nitrogens is 1. The molecule has 3 N–H and O–H groups in total. The van der Waals surface area contributed by atoms with Crippen LogP contribution in [0, 0.1) is 6.92 Å². The minimum Gasteiger partial charge on any atom is -0.340 e. The molecule has 0 radical (unpaired) electrons. The number of likely N-dealkylation sites (N-methyl/N-ethyl adjacent to an activating group) is 1. The molecule has 4 nitrogen and oxygen atoms in total. The second-order valence-electron chi connectivity index (χ2n) is 6.22. The van der Waals surface area contributed by atoms with Gasteiger partial charge in [-0.25, -0.2) is 0 Å². The first kappa shape index (κ1) is 29.1. The Hall–Kier alpha value is -1.89. The smallest absolute Gasteiger partial charge is 0.277 e. The lowest BCUT2D eigenvalue weighted by molar-refractivity contribution is -0.605. The summed E-state index contributed by atoms with van der Waals surface area (Å²) in [4.78, 5) is 14.3. The number of aryl methyl sites for hydroxylation is 1. The molecule has 1 heterocycles. The molecule has 0 aromatic heterocycles. The molecule has 2 aromatic rings. The fourth-order valence-corrected chi connectivity index (χ4v) is 2.64. The van der Waals surface area contributed by atoms with Gasteiger partial charge in [-0.2, -0.15) is 0 Å². The highest BCUT2D eigenvalue weighted by atomic mass is 79.9. The van der Waals surface area contributed by atoms with Crippen molar-refractivity contribution < 1.29 is 10.1 Å². The van der Waals surface area contributed by atoms with Gasteiger partial charge < -0.3 is 15.5 Å². The molecule has 0 saturated heterocycles. The standard InChI is InChI=1S/C20H21N3O.C2H5Br.C2H6.CH3Br/c1-15-8-10-17(11-9-15)18-14-23(2)19(20(24)22-18)13-21-12-16-6-4-3-5-7-16;1-2-3;2*1-2/h3-11,13-14,21H,12H2,1-2H3,(H,22,24);2H2,1H3;1-2H3;1H3/p+1/b19-13-;;;. The van der Waals surface area contributed by atoms with E-state index in [2.05, 4.69) is 49.3 Å². The number of benzene rings is 2. The van der Waals surface area contributed by atoms with E-state index in [-0.39, 0.29) is 5.91 Å². The maximum Gasteiger partial charge on any atom is 0.277 e. The van der Waals surface area contributed by atoms with Crippen LogP contribution in [0.4, 0.5) is 0 Å². The predicted octanol–water partition coefficient (Wildman–Crippen LogP) is 5.40. The summed E-state index contributed by atoms with van der Waals surface area (Å²) in [5.74, 6) is 1.73. The summed E-state index contributed by atoms with van der Waals surface area (Å²) in [6, 6.07) is 18.3. The molecule has 0 atom stereocenters. The summed E-state index contributed by atoms with van der Waals surface area (Å²) in [6.07, 6.45) is 3.83. The third-order valence-corrected chi connectivity index (χ3v) is 4.02. The van der Waals surface area contributed by atoms with Crippen LogP contribution in [0.5, 0.6) is 0 Å². The minimum absolute atomic E-state index is 0.0834. The Morgan fingerprint density at radius 1 is 1.03 bits per heavy atom. The van der Waals surface area contributed by atoms with Crippen LogP contribution in [0.1, 0.15) is 37.5 Å². The Labute approximate surface area is 205 Å². The van der Waals surface area contributed by atoms with Crippen LogP contribution in [0.25, 0.3) is 5.70 Å². The first-order valence-electron chi connectivity index (χ1n) is 10.4. The normalized spacial score (nSPS) is 13.4. The summed E-state index contributed by atoms with van der Waals surface area (Å²) in [7, 11) is 1.90. The van der Waals surface area contributed by atoms with E-state index < -0.39 is 0 Å². The second kappa shape index (κ2) is 17.8. The van der Waals surface area contributed by atoms with E-state index >= 15 is 0 Å². The van der Waals surface area contributed by atoms with Gasteiger partial charge in [0.05, 0.1) is 5.70 Å². The number of hydrogen-bond acceptors (Lipinski definition) is 2. The number of nitrogens with one attached hydrogen (secondary N) is 1. The van der Waals surface area contributed by atoms with Crippen LogP contribution in [0.15, 0.2) is 72.7 Å². The van der Waals surface area contributed by atoms with Crippen LogP contribution >= 0.6 is 31.9 Å². The molecule has 6 heteroatoms. The van der Waals surface area contributed by atoms with Gasteiger partial charge in [0.2, 0.25) is 0 Å². The Morgan fingerprint density at radius 3 is 2.10 bits per heavy atom. The second-order valence-corrected chi connectivity index (χ2v) is 7.34. The molecule has 1 amide bonds. The summed E-state index contributed by atoms with van der Waals surface area (Å²) < 4.78 is 0. The predicted molar refractivity (Wildman–Crippen MR) is 141 cm³/mol. The van der Waals surface area contributed by atoms with Gasteiger partial charge >= 0.3 is 0 Å². The van der Waals surface area contributed by atoms with Crippen molar-refractivity contribution in [2.24, 2.45) is 0 Å². The van der Waals surface area contributed by atoms with E-state index in [0.717, 1.165) is 23.1 Å². The van der Waals surface area contributed by atoms with Crippen molar-refractivity contribution in [3.63, 3.8) is 0 Å². The fourth-order valence-electron chi connectivity index (χ4n) is 2.64. The quantitative estimate of drug-likeness (QED) is 0.393. The van der Waals surface area contributed by atoms with Crippen LogP contribution in [-0.4, -0.2) is 29.0 Å². The van der Waals surface area contributed by atoms with Gasteiger partial charge in [0.25, 0.3) is 5.91 Å². The zero-order valence-corrected chi connectivity index (χ0v) is 22.6. The van der Waals surface area contributed by atoms with E-state index in [0.29, 0.717) is 5.70 Å². The first-order valence-corrected chi connectivity index (χ1v) is 13.1. The van der Waals surface area contributed by atoms with Crippen molar-refractivity contribution in [2.45, 2.75) is 34.2 Å². The molecule has 0 spiro atoms. The maximum atomic E-state index is 12.4. The third kappa shape index (κ3) is 10.8. The van der Waals surface area contributed by atoms with Crippen LogP contribution in [0.3, 0.4) is 0 Å². The summed E-state index contributed by atoms with van der Waals surface area (Å²) in [6.45, 7) is 8.90. The van der Waals surface area contributed by atoms with Gasteiger partial charge in [-0.05, 0) is 18.3 Å². The molecule has 0 aliphatic carbocycles. The van der Waals surface area contributed by atoms with E-state index in [4.69, 9.17) is 0 Å². The average molecular weight is 554 g/mol. The fraction of sp³-hybridized carbons (Fsp3) is 0.320. The first-order chi connectivity index (χ1) is 15.0. The third-order valence-electron chi connectivity index (χ3n) is 4.02. The highest BCUT2D eigenvalue weighted by molar-refractivity contribution is 9.09. The zero-order chi connectivity index (χ0) is 23.6. The van der Waals surface area contributed by atoms with E-state index in [9.17, 15) is 4.79 Å². The SMILES string of the molecule is CBr.CC.CCBr.Cc1ccc(C2=CN(C)/C(=C\[NH2+]Cc3ccccc3)C(=O)N2)cc1. The molecule has 0 saturated carbocycles. The molecule has 170 valence electrons. The Balaban J connectivity index is 0.00000116.